The van der Waals surface area contributed by atoms with E-state index in [4.69, 9.17) is 10.5 Å². The molecule has 3 atom stereocenters. The minimum absolute atomic E-state index is 0.287. The van der Waals surface area contributed by atoms with Crippen molar-refractivity contribution in [3.8, 4) is 0 Å². The molecule has 0 aromatic carbocycles. The van der Waals surface area contributed by atoms with E-state index < -0.39 is 0 Å². The van der Waals surface area contributed by atoms with Gasteiger partial charge in [0.25, 0.3) is 0 Å². The highest BCUT2D eigenvalue weighted by atomic mass is 16.5. The number of hydrogen-bond donors (Lipinski definition) is 1. The van der Waals surface area contributed by atoms with Crippen molar-refractivity contribution in [3.05, 3.63) is 0 Å². The van der Waals surface area contributed by atoms with Crippen LogP contribution in [-0.2, 0) is 4.74 Å². The molecule has 2 nitrogen and oxygen atoms in total. The Kier molecular flexibility index (Phi) is 2.69. The van der Waals surface area contributed by atoms with E-state index in [1.807, 2.05) is 6.92 Å². The summed E-state index contributed by atoms with van der Waals surface area (Å²) in [5.41, 5.74) is 5.64. The van der Waals surface area contributed by atoms with Crippen LogP contribution in [0.2, 0.25) is 0 Å². The molecule has 0 saturated carbocycles. The molecule has 1 rings (SSSR count). The zero-order valence-corrected chi connectivity index (χ0v) is 6.84. The predicted octanol–water partition coefficient (Wildman–Crippen LogP) is 1.29. The van der Waals surface area contributed by atoms with Gasteiger partial charge in [0.2, 0.25) is 0 Å². The first-order valence-electron chi connectivity index (χ1n) is 4.09. The van der Waals surface area contributed by atoms with E-state index >= 15 is 0 Å². The molecule has 1 aliphatic heterocycles. The third-order valence-electron chi connectivity index (χ3n) is 1.95. The SMILES string of the molecule is C[C@@H]1CCC(C[C@@H](C)N)O1. The van der Waals surface area contributed by atoms with Gasteiger partial charge >= 0.3 is 0 Å². The molecule has 1 saturated heterocycles. The first-order valence-corrected chi connectivity index (χ1v) is 4.09. The lowest BCUT2D eigenvalue weighted by atomic mass is 10.1. The van der Waals surface area contributed by atoms with Crippen LogP contribution in [0.1, 0.15) is 33.1 Å². The molecule has 0 aliphatic carbocycles. The van der Waals surface area contributed by atoms with E-state index in [0.29, 0.717) is 12.2 Å². The van der Waals surface area contributed by atoms with Gasteiger partial charge in [0, 0.05) is 6.04 Å². The zero-order chi connectivity index (χ0) is 7.56. The predicted molar refractivity (Wildman–Crippen MR) is 41.8 cm³/mol. The Balaban J connectivity index is 2.18. The molecule has 0 spiro atoms. The Labute approximate surface area is 62.7 Å². The fourth-order valence-electron chi connectivity index (χ4n) is 1.47. The van der Waals surface area contributed by atoms with Crippen molar-refractivity contribution in [3.63, 3.8) is 0 Å². The summed E-state index contributed by atoms with van der Waals surface area (Å²) in [6, 6.07) is 0.287. The second-order valence-corrected chi connectivity index (χ2v) is 3.36. The van der Waals surface area contributed by atoms with Crippen LogP contribution in [0.15, 0.2) is 0 Å². The van der Waals surface area contributed by atoms with Gasteiger partial charge in [-0.25, -0.2) is 0 Å². The van der Waals surface area contributed by atoms with E-state index in [2.05, 4.69) is 6.92 Å². The molecule has 1 aliphatic rings. The lowest BCUT2D eigenvalue weighted by Gasteiger charge is -2.12. The van der Waals surface area contributed by atoms with E-state index in [1.165, 1.54) is 12.8 Å². The molecule has 60 valence electrons. The Morgan fingerprint density at radius 2 is 2.30 bits per heavy atom. The van der Waals surface area contributed by atoms with Gasteiger partial charge in [-0.3, -0.25) is 0 Å². The van der Waals surface area contributed by atoms with E-state index in [0.717, 1.165) is 6.42 Å². The van der Waals surface area contributed by atoms with Crippen molar-refractivity contribution in [2.45, 2.75) is 51.4 Å². The average Bonchev–Trinajstić information content (AvgIpc) is 2.13. The first kappa shape index (κ1) is 8.02. The quantitative estimate of drug-likeness (QED) is 0.632. The van der Waals surface area contributed by atoms with Crippen molar-refractivity contribution in [2.75, 3.05) is 0 Å². The molecule has 1 heterocycles. The summed E-state index contributed by atoms with van der Waals surface area (Å²) >= 11 is 0. The number of rotatable bonds is 2. The van der Waals surface area contributed by atoms with Crippen LogP contribution in [0.5, 0.6) is 0 Å². The summed E-state index contributed by atoms with van der Waals surface area (Å²) < 4.78 is 5.59. The van der Waals surface area contributed by atoms with Crippen molar-refractivity contribution >= 4 is 0 Å². The first-order chi connectivity index (χ1) is 4.68. The van der Waals surface area contributed by atoms with E-state index in [9.17, 15) is 0 Å². The molecule has 1 unspecified atom stereocenters. The summed E-state index contributed by atoms with van der Waals surface area (Å²) in [7, 11) is 0. The largest absolute Gasteiger partial charge is 0.375 e. The second kappa shape index (κ2) is 3.35. The summed E-state index contributed by atoms with van der Waals surface area (Å²) in [5.74, 6) is 0. The standard InChI is InChI=1S/C8H17NO/c1-6(9)5-8-4-3-7(2)10-8/h6-8H,3-5,9H2,1-2H3/t6-,7-,8?/m1/s1. The number of ether oxygens (including phenoxy) is 1. The van der Waals surface area contributed by atoms with Gasteiger partial charge < -0.3 is 10.5 Å². The van der Waals surface area contributed by atoms with Crippen LogP contribution in [0.3, 0.4) is 0 Å². The highest BCUT2D eigenvalue weighted by Gasteiger charge is 2.21. The molecular formula is C8H17NO. The molecule has 0 aromatic rings. The van der Waals surface area contributed by atoms with E-state index in [-0.39, 0.29) is 6.04 Å². The van der Waals surface area contributed by atoms with Gasteiger partial charge in [0.1, 0.15) is 0 Å². The van der Waals surface area contributed by atoms with Crippen molar-refractivity contribution in [1.82, 2.24) is 0 Å². The molecular weight excluding hydrogens is 126 g/mol. The van der Waals surface area contributed by atoms with Gasteiger partial charge in [-0.1, -0.05) is 0 Å². The van der Waals surface area contributed by atoms with Crippen molar-refractivity contribution in [2.24, 2.45) is 5.73 Å². The fourth-order valence-corrected chi connectivity index (χ4v) is 1.47. The highest BCUT2D eigenvalue weighted by Crippen LogP contribution is 2.21. The Morgan fingerprint density at radius 3 is 2.70 bits per heavy atom. The third kappa shape index (κ3) is 2.27. The average molecular weight is 143 g/mol. The molecule has 10 heavy (non-hydrogen) atoms. The van der Waals surface area contributed by atoms with Crippen molar-refractivity contribution in [1.29, 1.82) is 0 Å². The Bertz CT molecular complexity index is 103. The van der Waals surface area contributed by atoms with Gasteiger partial charge in [-0.2, -0.15) is 0 Å². The second-order valence-electron chi connectivity index (χ2n) is 3.36. The lowest BCUT2D eigenvalue weighted by Crippen LogP contribution is -2.22. The molecule has 0 radical (unpaired) electrons. The Morgan fingerprint density at radius 1 is 1.60 bits per heavy atom. The van der Waals surface area contributed by atoms with Crippen LogP contribution in [0.25, 0.3) is 0 Å². The van der Waals surface area contributed by atoms with Crippen LogP contribution >= 0.6 is 0 Å². The van der Waals surface area contributed by atoms with Crippen LogP contribution in [-0.4, -0.2) is 18.2 Å². The van der Waals surface area contributed by atoms with Crippen LogP contribution < -0.4 is 5.73 Å². The molecule has 1 fully saturated rings. The smallest absolute Gasteiger partial charge is 0.0594 e. The fraction of sp³-hybridized carbons (Fsp3) is 1.00. The van der Waals surface area contributed by atoms with Gasteiger partial charge in [0.05, 0.1) is 12.2 Å². The minimum Gasteiger partial charge on any atom is -0.375 e. The van der Waals surface area contributed by atoms with Gasteiger partial charge in [0.15, 0.2) is 0 Å². The molecule has 0 bridgehead atoms. The zero-order valence-electron chi connectivity index (χ0n) is 6.84. The maximum absolute atomic E-state index is 5.64. The highest BCUT2D eigenvalue weighted by molar-refractivity contribution is 4.73. The van der Waals surface area contributed by atoms with E-state index in [1.54, 1.807) is 0 Å². The molecule has 0 amide bonds. The Hall–Kier alpha value is -0.0800. The third-order valence-corrected chi connectivity index (χ3v) is 1.95. The molecule has 2 N–H and O–H groups in total. The number of hydrogen-bond acceptors (Lipinski definition) is 2. The summed E-state index contributed by atoms with van der Waals surface area (Å²) in [5, 5.41) is 0. The van der Waals surface area contributed by atoms with Crippen molar-refractivity contribution < 1.29 is 4.74 Å². The van der Waals surface area contributed by atoms with Crippen LogP contribution in [0.4, 0.5) is 0 Å². The van der Waals surface area contributed by atoms with Crippen LogP contribution in [0, 0.1) is 0 Å². The number of nitrogens with two attached hydrogens (primary N) is 1. The summed E-state index contributed by atoms with van der Waals surface area (Å²) in [6.07, 6.45) is 4.32. The lowest BCUT2D eigenvalue weighted by molar-refractivity contribution is 0.0480. The van der Waals surface area contributed by atoms with Gasteiger partial charge in [-0.15, -0.1) is 0 Å². The van der Waals surface area contributed by atoms with Gasteiger partial charge in [-0.05, 0) is 33.1 Å². The summed E-state index contributed by atoms with van der Waals surface area (Å²) in [6.45, 7) is 4.16. The maximum Gasteiger partial charge on any atom is 0.0594 e. The monoisotopic (exact) mass is 143 g/mol. The molecule has 0 aromatic heterocycles. The normalized spacial score (nSPS) is 36.3. The summed E-state index contributed by atoms with van der Waals surface area (Å²) in [4.78, 5) is 0. The minimum atomic E-state index is 0.287. The molecule has 2 heteroatoms. The topological polar surface area (TPSA) is 35.2 Å². The maximum atomic E-state index is 5.64.